The highest BCUT2D eigenvalue weighted by molar-refractivity contribution is 5.92. The lowest BCUT2D eigenvalue weighted by atomic mass is 10.1. The van der Waals surface area contributed by atoms with E-state index in [0.29, 0.717) is 36.4 Å². The molecule has 1 atom stereocenters. The largest absolute Gasteiger partial charge is 0.338 e. The molecule has 1 amide bonds. The van der Waals surface area contributed by atoms with Crippen molar-refractivity contribution in [3.05, 3.63) is 29.7 Å². The molecule has 1 fully saturated rings. The van der Waals surface area contributed by atoms with Crippen LogP contribution < -0.4 is 0 Å². The number of carbonyl (C=O) groups excluding carboxylic acids is 1. The summed E-state index contributed by atoms with van der Waals surface area (Å²) in [6.07, 6.45) is 2.76. The zero-order valence-corrected chi connectivity index (χ0v) is 16.1. The van der Waals surface area contributed by atoms with Gasteiger partial charge in [0.15, 0.2) is 5.82 Å². The van der Waals surface area contributed by atoms with Gasteiger partial charge in [0.05, 0.1) is 0 Å². The highest BCUT2D eigenvalue weighted by atomic mass is 16.5. The van der Waals surface area contributed by atoms with E-state index >= 15 is 0 Å². The Balaban J connectivity index is 1.83. The molecule has 1 aliphatic heterocycles. The summed E-state index contributed by atoms with van der Waals surface area (Å²) in [6, 6.07) is 1.70. The molecule has 1 unspecified atom stereocenters. The summed E-state index contributed by atoms with van der Waals surface area (Å²) in [7, 11) is 0. The van der Waals surface area contributed by atoms with Crippen LogP contribution in [0.25, 0.3) is 0 Å². The summed E-state index contributed by atoms with van der Waals surface area (Å²) in [5.74, 6) is 1.68. The fourth-order valence-electron chi connectivity index (χ4n) is 3.40. The van der Waals surface area contributed by atoms with Gasteiger partial charge >= 0.3 is 0 Å². The molecule has 0 spiro atoms. The highest BCUT2D eigenvalue weighted by Crippen LogP contribution is 2.25. The van der Waals surface area contributed by atoms with Gasteiger partial charge < -0.3 is 9.42 Å². The van der Waals surface area contributed by atoms with Crippen LogP contribution in [0, 0.1) is 12.8 Å². The van der Waals surface area contributed by atoms with Crippen molar-refractivity contribution in [2.75, 3.05) is 26.2 Å². The lowest BCUT2D eigenvalue weighted by Crippen LogP contribution is -2.39. The fraction of sp³-hybridized carbons (Fsp3) is 0.667. The van der Waals surface area contributed by atoms with E-state index in [9.17, 15) is 4.79 Å². The van der Waals surface area contributed by atoms with Crippen LogP contribution >= 0.6 is 0 Å². The smallest absolute Gasteiger partial charge is 0.274 e. The zero-order valence-electron chi connectivity index (χ0n) is 16.1. The van der Waals surface area contributed by atoms with Gasteiger partial charge in [-0.1, -0.05) is 19.0 Å². The number of hydrogen-bond donors (Lipinski definition) is 0. The monoisotopic (exact) mass is 360 g/mol. The SMILES string of the molecule is CCn1ccc(C(=O)N2CCCN(CC(C)C)C(c3nc(C)no3)C2)n1. The van der Waals surface area contributed by atoms with Crippen molar-refractivity contribution in [2.24, 2.45) is 5.92 Å². The van der Waals surface area contributed by atoms with Crippen molar-refractivity contribution in [1.29, 1.82) is 0 Å². The Morgan fingerprint density at radius 3 is 2.81 bits per heavy atom. The molecule has 0 radical (unpaired) electrons. The molecule has 0 aliphatic carbocycles. The van der Waals surface area contributed by atoms with Gasteiger partial charge in [0.1, 0.15) is 11.7 Å². The Bertz CT molecular complexity index is 738. The molecular weight excluding hydrogens is 332 g/mol. The second-order valence-electron chi connectivity index (χ2n) is 7.25. The van der Waals surface area contributed by atoms with Crippen LogP contribution in [0.15, 0.2) is 16.8 Å². The maximum atomic E-state index is 13.0. The molecule has 3 rings (SSSR count). The van der Waals surface area contributed by atoms with Gasteiger partial charge in [0, 0.05) is 38.9 Å². The lowest BCUT2D eigenvalue weighted by molar-refractivity contribution is 0.0702. The summed E-state index contributed by atoms with van der Waals surface area (Å²) in [5, 5.41) is 8.31. The Morgan fingerprint density at radius 2 is 2.19 bits per heavy atom. The van der Waals surface area contributed by atoms with Crippen molar-refractivity contribution in [3.8, 4) is 0 Å². The number of carbonyl (C=O) groups is 1. The lowest BCUT2D eigenvalue weighted by Gasteiger charge is -2.30. The van der Waals surface area contributed by atoms with E-state index in [0.717, 1.165) is 26.1 Å². The van der Waals surface area contributed by atoms with E-state index in [1.807, 2.05) is 24.9 Å². The molecule has 8 nitrogen and oxygen atoms in total. The first-order chi connectivity index (χ1) is 12.5. The molecule has 0 N–H and O–H groups in total. The number of amides is 1. The van der Waals surface area contributed by atoms with E-state index in [-0.39, 0.29) is 11.9 Å². The molecule has 1 aliphatic rings. The maximum absolute atomic E-state index is 13.0. The summed E-state index contributed by atoms with van der Waals surface area (Å²) in [6.45, 7) is 12.0. The molecule has 0 aromatic carbocycles. The number of rotatable bonds is 5. The van der Waals surface area contributed by atoms with Crippen LogP contribution in [0.5, 0.6) is 0 Å². The van der Waals surface area contributed by atoms with Gasteiger partial charge in [-0.05, 0) is 32.3 Å². The number of hydrogen-bond acceptors (Lipinski definition) is 6. The predicted molar refractivity (Wildman–Crippen MR) is 96.6 cm³/mol. The average Bonchev–Trinajstić information content (AvgIpc) is 3.20. The molecule has 2 aromatic rings. The summed E-state index contributed by atoms with van der Waals surface area (Å²) >= 11 is 0. The van der Waals surface area contributed by atoms with Gasteiger partial charge in [-0.25, -0.2) is 0 Å². The molecule has 26 heavy (non-hydrogen) atoms. The Hall–Kier alpha value is -2.22. The minimum absolute atomic E-state index is 0.0372. The van der Waals surface area contributed by atoms with Crippen molar-refractivity contribution < 1.29 is 9.32 Å². The molecule has 3 heterocycles. The van der Waals surface area contributed by atoms with Crippen molar-refractivity contribution in [3.63, 3.8) is 0 Å². The molecule has 0 bridgehead atoms. The van der Waals surface area contributed by atoms with Crippen LogP contribution in [-0.4, -0.2) is 61.8 Å². The molecule has 8 heteroatoms. The summed E-state index contributed by atoms with van der Waals surface area (Å²) in [5.41, 5.74) is 0.490. The third kappa shape index (κ3) is 4.12. The average molecular weight is 360 g/mol. The quantitative estimate of drug-likeness (QED) is 0.813. The zero-order chi connectivity index (χ0) is 18.7. The van der Waals surface area contributed by atoms with E-state index in [1.54, 1.807) is 10.7 Å². The minimum atomic E-state index is -0.0849. The number of aromatic nitrogens is 4. The van der Waals surface area contributed by atoms with Gasteiger partial charge in [-0.2, -0.15) is 10.1 Å². The third-order valence-corrected chi connectivity index (χ3v) is 4.61. The number of nitrogens with zero attached hydrogens (tertiary/aromatic N) is 6. The minimum Gasteiger partial charge on any atom is -0.338 e. The van der Waals surface area contributed by atoms with Crippen LogP contribution in [0.1, 0.15) is 55.4 Å². The molecule has 0 saturated carbocycles. The normalized spacial score (nSPS) is 19.1. The van der Waals surface area contributed by atoms with Crippen LogP contribution in [0.3, 0.4) is 0 Å². The molecule has 2 aromatic heterocycles. The van der Waals surface area contributed by atoms with E-state index in [2.05, 4.69) is 34.0 Å². The van der Waals surface area contributed by atoms with E-state index in [1.165, 1.54) is 0 Å². The Morgan fingerprint density at radius 1 is 1.38 bits per heavy atom. The van der Waals surface area contributed by atoms with Crippen molar-refractivity contribution >= 4 is 5.91 Å². The van der Waals surface area contributed by atoms with E-state index < -0.39 is 0 Å². The fourth-order valence-corrected chi connectivity index (χ4v) is 3.40. The maximum Gasteiger partial charge on any atom is 0.274 e. The van der Waals surface area contributed by atoms with Crippen LogP contribution in [0.2, 0.25) is 0 Å². The molecule has 1 saturated heterocycles. The first-order valence-electron chi connectivity index (χ1n) is 9.35. The second-order valence-corrected chi connectivity index (χ2v) is 7.25. The first kappa shape index (κ1) is 18.6. The van der Waals surface area contributed by atoms with Gasteiger partial charge in [0.2, 0.25) is 5.89 Å². The topological polar surface area (TPSA) is 80.3 Å². The highest BCUT2D eigenvalue weighted by Gasteiger charge is 2.33. The van der Waals surface area contributed by atoms with Crippen molar-refractivity contribution in [2.45, 2.75) is 46.7 Å². The summed E-state index contributed by atoms with van der Waals surface area (Å²) < 4.78 is 7.24. The van der Waals surface area contributed by atoms with Crippen LogP contribution in [-0.2, 0) is 6.54 Å². The van der Waals surface area contributed by atoms with Crippen LogP contribution in [0.4, 0.5) is 0 Å². The standard InChI is InChI=1S/C18H28N6O2/c1-5-24-10-7-15(20-24)18(25)23-9-6-8-22(11-13(2)3)16(12-23)17-19-14(4)21-26-17/h7,10,13,16H,5-6,8-9,11-12H2,1-4H3. The summed E-state index contributed by atoms with van der Waals surface area (Å²) in [4.78, 5) is 21.6. The van der Waals surface area contributed by atoms with E-state index in [4.69, 9.17) is 4.52 Å². The molecular formula is C18H28N6O2. The first-order valence-corrected chi connectivity index (χ1v) is 9.35. The van der Waals surface area contributed by atoms with Crippen molar-refractivity contribution in [1.82, 2.24) is 29.7 Å². The molecule has 142 valence electrons. The Kier molecular flexibility index (Phi) is 5.70. The van der Waals surface area contributed by atoms with Gasteiger partial charge in [0.25, 0.3) is 5.91 Å². The number of aryl methyl sites for hydroxylation is 2. The Labute approximate surface area is 154 Å². The van der Waals surface area contributed by atoms with Gasteiger partial charge in [-0.3, -0.25) is 14.4 Å². The van der Waals surface area contributed by atoms with Gasteiger partial charge in [-0.15, -0.1) is 0 Å². The predicted octanol–water partition coefficient (Wildman–Crippen LogP) is 2.14. The third-order valence-electron chi connectivity index (χ3n) is 4.61. The second kappa shape index (κ2) is 7.99.